The molecule has 0 aromatic heterocycles. The Kier molecular flexibility index (Phi) is 4.33. The number of nitrogens with two attached hydrogens (primary N) is 1. The lowest BCUT2D eigenvalue weighted by atomic mass is 9.87. The third-order valence-corrected chi connectivity index (χ3v) is 4.28. The van der Waals surface area contributed by atoms with Gasteiger partial charge >= 0.3 is 0 Å². The summed E-state index contributed by atoms with van der Waals surface area (Å²) in [5.74, 6) is 0.153. The molecule has 0 heterocycles. The second kappa shape index (κ2) is 5.86. The molecule has 3 heteroatoms. The lowest BCUT2D eigenvalue weighted by Gasteiger charge is -2.23. The maximum Gasteiger partial charge on any atom is 0.132 e. The topological polar surface area (TPSA) is 35.2 Å². The Morgan fingerprint density at radius 3 is 2.10 bits per heavy atom. The minimum atomic E-state index is -0.542. The van der Waals surface area contributed by atoms with Gasteiger partial charge in [-0.3, -0.25) is 0 Å². The van der Waals surface area contributed by atoms with Gasteiger partial charge in [0.05, 0.1) is 18.7 Å². The van der Waals surface area contributed by atoms with Gasteiger partial charge in [-0.05, 0) is 67.6 Å². The van der Waals surface area contributed by atoms with Crippen molar-refractivity contribution < 1.29 is 9.13 Å². The smallest absolute Gasteiger partial charge is 0.132 e. The molecule has 1 atom stereocenters. The number of aryl methyl sites for hydroxylation is 2. The molecule has 0 fully saturated rings. The molecule has 112 valence electrons. The van der Waals surface area contributed by atoms with Crippen LogP contribution in [-0.4, -0.2) is 7.11 Å². The minimum Gasteiger partial charge on any atom is -0.496 e. The molecule has 2 aromatic carbocycles. The SMILES string of the molecule is COc1cccc(F)c1C(N)c1c(C)c(C)cc(C)c1C. The van der Waals surface area contributed by atoms with Crippen molar-refractivity contribution in [2.24, 2.45) is 5.73 Å². The number of benzene rings is 2. The average Bonchev–Trinajstić information content (AvgIpc) is 2.44. The lowest BCUT2D eigenvalue weighted by molar-refractivity contribution is 0.402. The van der Waals surface area contributed by atoms with Crippen molar-refractivity contribution in [2.75, 3.05) is 7.11 Å². The fourth-order valence-corrected chi connectivity index (χ4v) is 2.86. The molecule has 0 aliphatic carbocycles. The summed E-state index contributed by atoms with van der Waals surface area (Å²) >= 11 is 0. The first kappa shape index (κ1) is 15.5. The number of hydrogen-bond acceptors (Lipinski definition) is 2. The highest BCUT2D eigenvalue weighted by atomic mass is 19.1. The zero-order valence-electron chi connectivity index (χ0n) is 13.3. The monoisotopic (exact) mass is 287 g/mol. The summed E-state index contributed by atoms with van der Waals surface area (Å²) in [7, 11) is 1.53. The van der Waals surface area contributed by atoms with Crippen LogP contribution in [0.3, 0.4) is 0 Å². The molecule has 2 nitrogen and oxygen atoms in total. The average molecular weight is 287 g/mol. The van der Waals surface area contributed by atoms with Crippen LogP contribution in [0.5, 0.6) is 5.75 Å². The van der Waals surface area contributed by atoms with Gasteiger partial charge in [-0.25, -0.2) is 4.39 Å². The Hall–Kier alpha value is -1.87. The molecule has 0 bridgehead atoms. The molecule has 0 saturated heterocycles. The number of halogens is 1. The van der Waals surface area contributed by atoms with Gasteiger partial charge in [-0.2, -0.15) is 0 Å². The van der Waals surface area contributed by atoms with Gasteiger partial charge in [0, 0.05) is 0 Å². The zero-order chi connectivity index (χ0) is 15.7. The molecule has 0 radical (unpaired) electrons. The molecule has 21 heavy (non-hydrogen) atoms. The summed E-state index contributed by atoms with van der Waals surface area (Å²) in [5.41, 5.74) is 12.4. The van der Waals surface area contributed by atoms with E-state index in [0.717, 1.165) is 16.7 Å². The molecule has 2 N–H and O–H groups in total. The first-order valence-electron chi connectivity index (χ1n) is 7.03. The predicted molar refractivity (Wildman–Crippen MR) is 84.4 cm³/mol. The normalized spacial score (nSPS) is 12.3. The van der Waals surface area contributed by atoms with E-state index in [9.17, 15) is 4.39 Å². The highest BCUT2D eigenvalue weighted by Crippen LogP contribution is 2.35. The molecule has 1 unspecified atom stereocenters. The van der Waals surface area contributed by atoms with Crippen molar-refractivity contribution in [3.63, 3.8) is 0 Å². The zero-order valence-corrected chi connectivity index (χ0v) is 13.3. The molecule has 0 saturated carbocycles. The van der Waals surface area contributed by atoms with Crippen LogP contribution in [0.25, 0.3) is 0 Å². The summed E-state index contributed by atoms with van der Waals surface area (Å²) in [6.07, 6.45) is 0. The Bertz CT molecular complexity index is 653. The quantitative estimate of drug-likeness (QED) is 0.921. The summed E-state index contributed by atoms with van der Waals surface area (Å²) in [6.45, 7) is 8.17. The fourth-order valence-electron chi connectivity index (χ4n) is 2.86. The molecule has 0 amide bonds. The van der Waals surface area contributed by atoms with E-state index in [1.807, 2.05) is 13.8 Å². The molecular formula is C18H22FNO. The molecule has 2 rings (SSSR count). The van der Waals surface area contributed by atoms with E-state index in [2.05, 4.69) is 19.9 Å². The van der Waals surface area contributed by atoms with E-state index in [1.54, 1.807) is 12.1 Å². The van der Waals surface area contributed by atoms with Gasteiger partial charge in [0.2, 0.25) is 0 Å². The summed E-state index contributed by atoms with van der Waals surface area (Å²) in [6, 6.07) is 6.39. The molecule has 2 aromatic rings. The molecule has 0 aliphatic rings. The molecular weight excluding hydrogens is 265 g/mol. The van der Waals surface area contributed by atoms with Gasteiger partial charge in [-0.1, -0.05) is 12.1 Å². The Morgan fingerprint density at radius 2 is 1.57 bits per heavy atom. The van der Waals surface area contributed by atoms with E-state index in [-0.39, 0.29) is 5.82 Å². The lowest BCUT2D eigenvalue weighted by Crippen LogP contribution is -2.18. The second-order valence-electron chi connectivity index (χ2n) is 5.51. The predicted octanol–water partition coefficient (Wildman–Crippen LogP) is 4.12. The van der Waals surface area contributed by atoms with Crippen LogP contribution in [-0.2, 0) is 0 Å². The van der Waals surface area contributed by atoms with Gasteiger partial charge in [0.25, 0.3) is 0 Å². The number of ether oxygens (including phenoxy) is 1. The van der Waals surface area contributed by atoms with Crippen molar-refractivity contribution in [3.8, 4) is 5.75 Å². The van der Waals surface area contributed by atoms with Crippen LogP contribution >= 0.6 is 0 Å². The van der Waals surface area contributed by atoms with Crippen molar-refractivity contribution >= 4 is 0 Å². The summed E-state index contributed by atoms with van der Waals surface area (Å²) < 4.78 is 19.6. The van der Waals surface area contributed by atoms with Gasteiger partial charge in [0.1, 0.15) is 11.6 Å². The maximum absolute atomic E-state index is 14.3. The van der Waals surface area contributed by atoms with Gasteiger partial charge in [-0.15, -0.1) is 0 Å². The van der Waals surface area contributed by atoms with E-state index in [1.165, 1.54) is 24.3 Å². The highest BCUT2D eigenvalue weighted by Gasteiger charge is 2.23. The largest absolute Gasteiger partial charge is 0.496 e. The van der Waals surface area contributed by atoms with Crippen LogP contribution in [0.1, 0.15) is 39.4 Å². The Labute approximate surface area is 125 Å². The van der Waals surface area contributed by atoms with Crippen molar-refractivity contribution in [1.29, 1.82) is 0 Å². The van der Waals surface area contributed by atoms with E-state index >= 15 is 0 Å². The third-order valence-electron chi connectivity index (χ3n) is 4.28. The van der Waals surface area contributed by atoms with Gasteiger partial charge in [0.15, 0.2) is 0 Å². The van der Waals surface area contributed by atoms with Crippen LogP contribution in [0.15, 0.2) is 24.3 Å². The van der Waals surface area contributed by atoms with Gasteiger partial charge < -0.3 is 10.5 Å². The standard InChI is InChI=1S/C18H22FNO/c1-10-9-11(2)13(4)16(12(10)3)18(20)17-14(19)7-6-8-15(17)21-5/h6-9,18H,20H2,1-5H3. The van der Waals surface area contributed by atoms with E-state index in [0.29, 0.717) is 11.3 Å². The van der Waals surface area contributed by atoms with Crippen LogP contribution < -0.4 is 10.5 Å². The fraction of sp³-hybridized carbons (Fsp3) is 0.333. The second-order valence-corrected chi connectivity index (χ2v) is 5.51. The van der Waals surface area contributed by atoms with Crippen molar-refractivity contribution in [1.82, 2.24) is 0 Å². The third kappa shape index (κ3) is 2.66. The van der Waals surface area contributed by atoms with Crippen LogP contribution in [0, 0.1) is 33.5 Å². The number of methoxy groups -OCH3 is 1. The maximum atomic E-state index is 14.3. The summed E-state index contributed by atoms with van der Waals surface area (Å²) in [4.78, 5) is 0. The molecule has 0 aliphatic heterocycles. The highest BCUT2D eigenvalue weighted by molar-refractivity contribution is 5.51. The van der Waals surface area contributed by atoms with Crippen LogP contribution in [0.4, 0.5) is 4.39 Å². The van der Waals surface area contributed by atoms with Crippen LogP contribution in [0.2, 0.25) is 0 Å². The van der Waals surface area contributed by atoms with Crippen molar-refractivity contribution in [2.45, 2.75) is 33.7 Å². The van der Waals surface area contributed by atoms with E-state index < -0.39 is 6.04 Å². The molecule has 0 spiro atoms. The Balaban J connectivity index is 2.69. The minimum absolute atomic E-state index is 0.334. The number of rotatable bonds is 3. The summed E-state index contributed by atoms with van der Waals surface area (Å²) in [5, 5.41) is 0. The number of hydrogen-bond donors (Lipinski definition) is 1. The van der Waals surface area contributed by atoms with E-state index in [4.69, 9.17) is 10.5 Å². The first-order chi connectivity index (χ1) is 9.88. The first-order valence-corrected chi connectivity index (χ1v) is 7.03. The Morgan fingerprint density at radius 1 is 1.00 bits per heavy atom. The van der Waals surface area contributed by atoms with Crippen molar-refractivity contribution in [3.05, 3.63) is 63.5 Å².